The maximum atomic E-state index is 13.1. The molecule has 0 saturated carbocycles. The van der Waals surface area contributed by atoms with E-state index in [-0.39, 0.29) is 11.8 Å². The molecule has 0 spiro atoms. The minimum Gasteiger partial charge on any atom is -0.496 e. The number of rotatable bonds is 6. The summed E-state index contributed by atoms with van der Waals surface area (Å²) < 4.78 is 5.41. The number of carbonyl (C=O) groups is 2. The fourth-order valence-electron chi connectivity index (χ4n) is 2.88. The molecule has 2 N–H and O–H groups in total. The third-order valence-corrected chi connectivity index (χ3v) is 4.23. The van der Waals surface area contributed by atoms with Gasteiger partial charge in [0.15, 0.2) is 0 Å². The Kier molecular flexibility index (Phi) is 6.43. The first kappa shape index (κ1) is 19.9. The highest BCUT2D eigenvalue weighted by Crippen LogP contribution is 2.26. The van der Waals surface area contributed by atoms with Crippen LogP contribution in [0, 0.1) is 0 Å². The number of hydrogen-bond acceptors (Lipinski definition) is 3. The molecule has 0 aromatic heterocycles. The van der Waals surface area contributed by atoms with Gasteiger partial charge in [-0.25, -0.2) is 0 Å². The minimum atomic E-state index is -0.241. The molecule has 0 fully saturated rings. The average Bonchev–Trinajstić information content (AvgIpc) is 2.74. The van der Waals surface area contributed by atoms with Crippen molar-refractivity contribution in [2.24, 2.45) is 0 Å². The highest BCUT2D eigenvalue weighted by atomic mass is 16.5. The first-order chi connectivity index (χ1) is 14.1. The van der Waals surface area contributed by atoms with Gasteiger partial charge in [-0.1, -0.05) is 48.5 Å². The summed E-state index contributed by atoms with van der Waals surface area (Å²) in [7, 11) is 1.60. The number of ether oxygens (including phenoxy) is 1. The molecule has 3 aromatic rings. The van der Waals surface area contributed by atoms with E-state index in [2.05, 4.69) is 10.6 Å². The first-order valence-corrected chi connectivity index (χ1v) is 9.16. The molecule has 0 aliphatic carbocycles. The van der Waals surface area contributed by atoms with Crippen molar-refractivity contribution in [2.45, 2.75) is 6.92 Å². The second-order valence-electron chi connectivity index (χ2n) is 6.38. The van der Waals surface area contributed by atoms with Crippen molar-refractivity contribution in [2.75, 3.05) is 17.7 Å². The van der Waals surface area contributed by atoms with Gasteiger partial charge in [0.1, 0.15) is 5.75 Å². The molecule has 0 saturated heterocycles. The second-order valence-corrected chi connectivity index (χ2v) is 6.38. The average molecular weight is 386 g/mol. The molecule has 0 aliphatic heterocycles. The lowest BCUT2D eigenvalue weighted by Gasteiger charge is -2.12. The molecule has 0 atom stereocenters. The number of carbonyl (C=O) groups excluding carboxylic acids is 2. The van der Waals surface area contributed by atoms with Gasteiger partial charge in [-0.3, -0.25) is 9.59 Å². The Bertz CT molecular complexity index is 1030. The Balaban J connectivity index is 1.91. The predicted octanol–water partition coefficient (Wildman–Crippen LogP) is 4.83. The summed E-state index contributed by atoms with van der Waals surface area (Å²) in [6.45, 7) is 1.45. The zero-order valence-electron chi connectivity index (χ0n) is 16.3. The lowest BCUT2D eigenvalue weighted by Crippen LogP contribution is -2.14. The molecule has 5 heteroatoms. The second kappa shape index (κ2) is 9.37. The van der Waals surface area contributed by atoms with Gasteiger partial charge < -0.3 is 15.4 Å². The highest BCUT2D eigenvalue weighted by molar-refractivity contribution is 6.29. The van der Waals surface area contributed by atoms with Crippen molar-refractivity contribution in [3.05, 3.63) is 90.0 Å². The van der Waals surface area contributed by atoms with Crippen LogP contribution in [0.3, 0.4) is 0 Å². The van der Waals surface area contributed by atoms with E-state index in [1.807, 2.05) is 60.7 Å². The summed E-state index contributed by atoms with van der Waals surface area (Å²) in [6, 6.07) is 24.0. The molecule has 146 valence electrons. The van der Waals surface area contributed by atoms with Crippen molar-refractivity contribution in [3.63, 3.8) is 0 Å². The smallest absolute Gasteiger partial charge is 0.256 e. The predicted molar refractivity (Wildman–Crippen MR) is 117 cm³/mol. The molecule has 3 rings (SSSR count). The summed E-state index contributed by atoms with van der Waals surface area (Å²) in [5, 5.41) is 5.62. The fraction of sp³-hybridized carbons (Fsp3) is 0.0833. The van der Waals surface area contributed by atoms with Crippen molar-refractivity contribution >= 4 is 34.8 Å². The van der Waals surface area contributed by atoms with Crippen LogP contribution in [0.2, 0.25) is 0 Å². The monoisotopic (exact) mass is 386 g/mol. The molecule has 0 radical (unpaired) electrons. The minimum absolute atomic E-state index is 0.145. The molecular formula is C24H22N2O3. The number of para-hydroxylation sites is 1. The molecule has 0 unspecified atom stereocenters. The van der Waals surface area contributed by atoms with Crippen molar-refractivity contribution < 1.29 is 14.3 Å². The zero-order valence-corrected chi connectivity index (χ0v) is 16.3. The van der Waals surface area contributed by atoms with Crippen molar-refractivity contribution in [1.29, 1.82) is 0 Å². The molecular weight excluding hydrogens is 364 g/mol. The molecule has 0 heterocycles. The Morgan fingerprint density at radius 3 is 2.00 bits per heavy atom. The third-order valence-electron chi connectivity index (χ3n) is 4.23. The Hall–Kier alpha value is -3.86. The van der Waals surface area contributed by atoms with E-state index >= 15 is 0 Å². The number of benzene rings is 3. The van der Waals surface area contributed by atoms with Crippen LogP contribution in [0.5, 0.6) is 5.75 Å². The van der Waals surface area contributed by atoms with Crippen molar-refractivity contribution in [1.82, 2.24) is 0 Å². The van der Waals surface area contributed by atoms with Gasteiger partial charge in [-0.05, 0) is 42.0 Å². The number of amides is 2. The van der Waals surface area contributed by atoms with Gasteiger partial charge in [-0.2, -0.15) is 0 Å². The van der Waals surface area contributed by atoms with Crippen LogP contribution in [0.1, 0.15) is 18.1 Å². The summed E-state index contributed by atoms with van der Waals surface area (Å²) in [5.41, 5.74) is 3.42. The van der Waals surface area contributed by atoms with Gasteiger partial charge >= 0.3 is 0 Å². The normalized spacial score (nSPS) is 10.9. The van der Waals surface area contributed by atoms with E-state index in [9.17, 15) is 9.59 Å². The maximum absolute atomic E-state index is 13.1. The van der Waals surface area contributed by atoms with E-state index in [0.29, 0.717) is 22.7 Å². The van der Waals surface area contributed by atoms with E-state index in [0.717, 1.165) is 11.1 Å². The van der Waals surface area contributed by atoms with Crippen LogP contribution in [-0.4, -0.2) is 18.9 Å². The van der Waals surface area contributed by atoms with Crippen LogP contribution < -0.4 is 15.4 Å². The molecule has 0 aliphatic rings. The maximum Gasteiger partial charge on any atom is 0.256 e. The van der Waals surface area contributed by atoms with Crippen LogP contribution in [0.15, 0.2) is 78.9 Å². The van der Waals surface area contributed by atoms with Crippen LogP contribution >= 0.6 is 0 Å². The van der Waals surface area contributed by atoms with Crippen LogP contribution in [-0.2, 0) is 9.59 Å². The van der Waals surface area contributed by atoms with E-state index in [4.69, 9.17) is 4.74 Å². The summed E-state index contributed by atoms with van der Waals surface area (Å²) in [4.78, 5) is 24.2. The SMILES string of the molecule is COc1ccccc1/C=C(/C(=O)Nc1ccc(NC(C)=O)cc1)c1ccccc1. The number of nitrogens with one attached hydrogen (secondary N) is 2. The Morgan fingerprint density at radius 2 is 1.38 bits per heavy atom. The quantitative estimate of drug-likeness (QED) is 0.471. The largest absolute Gasteiger partial charge is 0.496 e. The Labute approximate surface area is 170 Å². The van der Waals surface area contributed by atoms with E-state index < -0.39 is 0 Å². The van der Waals surface area contributed by atoms with Crippen LogP contribution in [0.4, 0.5) is 11.4 Å². The standard InChI is InChI=1S/C24H22N2O3/c1-17(27)25-20-12-14-21(15-13-20)26-24(28)22(18-8-4-3-5-9-18)16-19-10-6-7-11-23(19)29-2/h3-16H,1-2H3,(H,25,27)(H,26,28)/b22-16+. The number of hydrogen-bond donors (Lipinski definition) is 2. The highest BCUT2D eigenvalue weighted by Gasteiger charge is 2.14. The summed E-state index contributed by atoms with van der Waals surface area (Å²) in [6.07, 6.45) is 1.81. The number of methoxy groups -OCH3 is 1. The topological polar surface area (TPSA) is 67.4 Å². The summed E-state index contributed by atoms with van der Waals surface area (Å²) >= 11 is 0. The van der Waals surface area contributed by atoms with Crippen LogP contribution in [0.25, 0.3) is 11.6 Å². The molecule has 2 amide bonds. The molecule has 29 heavy (non-hydrogen) atoms. The van der Waals surface area contributed by atoms with Gasteiger partial charge in [0.2, 0.25) is 5.91 Å². The lowest BCUT2D eigenvalue weighted by atomic mass is 10.0. The third kappa shape index (κ3) is 5.32. The molecule has 3 aromatic carbocycles. The van der Waals surface area contributed by atoms with Crippen molar-refractivity contribution in [3.8, 4) is 5.75 Å². The van der Waals surface area contributed by atoms with Gasteiger partial charge in [0, 0.05) is 29.4 Å². The van der Waals surface area contributed by atoms with Gasteiger partial charge in [-0.15, -0.1) is 0 Å². The first-order valence-electron chi connectivity index (χ1n) is 9.16. The summed E-state index contributed by atoms with van der Waals surface area (Å²) in [5.74, 6) is 0.302. The fourth-order valence-corrected chi connectivity index (χ4v) is 2.88. The van der Waals surface area contributed by atoms with Gasteiger partial charge in [0.05, 0.1) is 7.11 Å². The van der Waals surface area contributed by atoms with E-state index in [1.165, 1.54) is 6.92 Å². The van der Waals surface area contributed by atoms with Gasteiger partial charge in [0.25, 0.3) is 5.91 Å². The van der Waals surface area contributed by atoms with E-state index in [1.54, 1.807) is 31.4 Å². The molecule has 0 bridgehead atoms. The number of anilines is 2. The zero-order chi connectivity index (χ0) is 20.6. The lowest BCUT2D eigenvalue weighted by molar-refractivity contribution is -0.114. The molecule has 5 nitrogen and oxygen atoms in total. The Morgan fingerprint density at radius 1 is 0.793 bits per heavy atom.